The van der Waals surface area contributed by atoms with Crippen molar-refractivity contribution < 1.29 is 14.3 Å². The summed E-state index contributed by atoms with van der Waals surface area (Å²) >= 11 is 2.48. The molecule has 1 aliphatic rings. The Kier molecular flexibility index (Phi) is 6.67. The number of anilines is 2. The standard InChI is InChI=1S/C19H22N8O3S2/c1-30-8-14-17(29)26(7-11-2-3-12-13(6-11)22-10-23-16(12)20)4-5-27(14)15(28)9-31-19-25-24-18(21)32-19/h2-3,6,10,14H,4-5,7-9H2,1H3,(H2,21,24)(H2,20,22,23)/t14-/m0/s1. The summed E-state index contributed by atoms with van der Waals surface area (Å²) in [5, 5.41) is 8.77. The number of benzene rings is 1. The highest BCUT2D eigenvalue weighted by atomic mass is 32.2. The Morgan fingerprint density at radius 1 is 1.28 bits per heavy atom. The quantitative estimate of drug-likeness (QED) is 0.466. The Balaban J connectivity index is 1.44. The summed E-state index contributed by atoms with van der Waals surface area (Å²) in [6.45, 7) is 1.37. The first-order valence-electron chi connectivity index (χ1n) is 9.74. The molecule has 0 bridgehead atoms. The maximum absolute atomic E-state index is 13.2. The van der Waals surface area contributed by atoms with E-state index >= 15 is 0 Å². The van der Waals surface area contributed by atoms with Crippen LogP contribution in [-0.4, -0.2) is 80.4 Å². The number of rotatable bonds is 7. The third-order valence-electron chi connectivity index (χ3n) is 5.08. The zero-order valence-electron chi connectivity index (χ0n) is 17.3. The average molecular weight is 475 g/mol. The van der Waals surface area contributed by atoms with E-state index in [0.29, 0.717) is 34.9 Å². The zero-order chi connectivity index (χ0) is 22.7. The number of nitrogens with zero attached hydrogens (tertiary/aromatic N) is 6. The van der Waals surface area contributed by atoms with E-state index < -0.39 is 6.04 Å². The van der Waals surface area contributed by atoms with E-state index in [1.54, 1.807) is 9.80 Å². The van der Waals surface area contributed by atoms with Gasteiger partial charge in [-0.15, -0.1) is 10.2 Å². The molecule has 2 amide bonds. The fourth-order valence-corrected chi connectivity index (χ4v) is 5.06. The molecule has 1 saturated heterocycles. The molecule has 11 nitrogen and oxygen atoms in total. The first-order valence-corrected chi connectivity index (χ1v) is 11.5. The summed E-state index contributed by atoms with van der Waals surface area (Å²) in [4.78, 5) is 37.6. The fourth-order valence-electron chi connectivity index (χ4n) is 3.54. The van der Waals surface area contributed by atoms with Crippen molar-refractivity contribution in [3.63, 3.8) is 0 Å². The van der Waals surface area contributed by atoms with Crippen LogP contribution in [0.3, 0.4) is 0 Å². The zero-order valence-corrected chi connectivity index (χ0v) is 18.9. The monoisotopic (exact) mass is 474 g/mol. The molecule has 0 unspecified atom stereocenters. The first kappa shape index (κ1) is 22.2. The summed E-state index contributed by atoms with van der Waals surface area (Å²) in [6, 6.07) is 4.98. The molecule has 168 valence electrons. The largest absolute Gasteiger partial charge is 0.383 e. The van der Waals surface area contributed by atoms with Gasteiger partial charge in [0.25, 0.3) is 0 Å². The molecule has 1 atom stereocenters. The number of methoxy groups -OCH3 is 1. The highest BCUT2D eigenvalue weighted by Gasteiger charge is 2.37. The summed E-state index contributed by atoms with van der Waals surface area (Å²) in [5.41, 5.74) is 13.1. The van der Waals surface area contributed by atoms with Crippen molar-refractivity contribution in [2.45, 2.75) is 16.9 Å². The van der Waals surface area contributed by atoms with Gasteiger partial charge in [0, 0.05) is 32.1 Å². The van der Waals surface area contributed by atoms with Crippen LogP contribution in [-0.2, 0) is 20.9 Å². The van der Waals surface area contributed by atoms with Crippen molar-refractivity contribution in [2.24, 2.45) is 0 Å². The second kappa shape index (κ2) is 9.63. The minimum absolute atomic E-state index is 0.124. The van der Waals surface area contributed by atoms with Gasteiger partial charge in [-0.25, -0.2) is 9.97 Å². The third-order valence-corrected chi connectivity index (χ3v) is 6.95. The van der Waals surface area contributed by atoms with Crippen LogP contribution in [0, 0.1) is 0 Å². The van der Waals surface area contributed by atoms with Gasteiger partial charge in [-0.1, -0.05) is 29.2 Å². The van der Waals surface area contributed by atoms with Crippen molar-refractivity contribution in [2.75, 3.05) is 44.0 Å². The molecule has 0 aliphatic carbocycles. The van der Waals surface area contributed by atoms with Gasteiger partial charge in [0.2, 0.25) is 16.9 Å². The maximum atomic E-state index is 13.2. The minimum Gasteiger partial charge on any atom is -0.383 e. The van der Waals surface area contributed by atoms with E-state index in [1.807, 2.05) is 18.2 Å². The number of ether oxygens (including phenoxy) is 1. The lowest BCUT2D eigenvalue weighted by Crippen LogP contribution is -2.60. The number of nitrogens with two attached hydrogens (primary N) is 2. The van der Waals surface area contributed by atoms with Crippen LogP contribution in [0.5, 0.6) is 0 Å². The molecular weight excluding hydrogens is 452 g/mol. The van der Waals surface area contributed by atoms with Gasteiger partial charge in [-0.2, -0.15) is 0 Å². The molecule has 3 aromatic rings. The number of hydrogen-bond donors (Lipinski definition) is 2. The molecule has 4 N–H and O–H groups in total. The Morgan fingerprint density at radius 2 is 2.12 bits per heavy atom. The molecule has 0 spiro atoms. The summed E-state index contributed by atoms with van der Waals surface area (Å²) in [7, 11) is 1.51. The van der Waals surface area contributed by atoms with Crippen molar-refractivity contribution in [1.29, 1.82) is 0 Å². The molecule has 4 rings (SSSR count). The van der Waals surface area contributed by atoms with Crippen LogP contribution < -0.4 is 11.5 Å². The number of aromatic nitrogens is 4. The van der Waals surface area contributed by atoms with Gasteiger partial charge >= 0.3 is 0 Å². The number of thioether (sulfide) groups is 1. The molecule has 3 heterocycles. The molecule has 2 aromatic heterocycles. The van der Waals surface area contributed by atoms with E-state index in [9.17, 15) is 9.59 Å². The highest BCUT2D eigenvalue weighted by molar-refractivity contribution is 8.01. The Morgan fingerprint density at radius 3 is 2.88 bits per heavy atom. The van der Waals surface area contributed by atoms with E-state index in [2.05, 4.69) is 20.2 Å². The van der Waals surface area contributed by atoms with Crippen molar-refractivity contribution >= 4 is 56.8 Å². The minimum atomic E-state index is -0.681. The highest BCUT2D eigenvalue weighted by Crippen LogP contribution is 2.25. The van der Waals surface area contributed by atoms with E-state index in [4.69, 9.17) is 16.2 Å². The van der Waals surface area contributed by atoms with Gasteiger partial charge in [0.05, 0.1) is 17.9 Å². The molecule has 1 fully saturated rings. The number of piperazine rings is 1. The van der Waals surface area contributed by atoms with Gasteiger partial charge in [-0.3, -0.25) is 9.59 Å². The predicted molar refractivity (Wildman–Crippen MR) is 122 cm³/mol. The molecule has 0 radical (unpaired) electrons. The number of hydrogen-bond acceptors (Lipinski definition) is 11. The average Bonchev–Trinajstić information content (AvgIpc) is 3.20. The third kappa shape index (κ3) is 4.74. The lowest BCUT2D eigenvalue weighted by molar-refractivity contribution is -0.153. The van der Waals surface area contributed by atoms with Gasteiger partial charge in [0.1, 0.15) is 18.2 Å². The number of carbonyl (C=O) groups excluding carboxylic acids is 2. The lowest BCUT2D eigenvalue weighted by Gasteiger charge is -2.40. The topological polar surface area (TPSA) is 153 Å². The summed E-state index contributed by atoms with van der Waals surface area (Å²) in [6.07, 6.45) is 1.42. The second-order valence-corrected chi connectivity index (χ2v) is 9.35. The van der Waals surface area contributed by atoms with Crippen LogP contribution in [0.2, 0.25) is 0 Å². The summed E-state index contributed by atoms with van der Waals surface area (Å²) in [5.74, 6) is 0.253. The van der Waals surface area contributed by atoms with Crippen LogP contribution >= 0.6 is 23.1 Å². The smallest absolute Gasteiger partial charge is 0.248 e. The molecular formula is C19H22N8O3S2. The SMILES string of the molecule is COC[C@H]1C(=O)N(Cc2ccc3c(N)ncnc3c2)CCN1C(=O)CSc1nnc(N)s1. The van der Waals surface area contributed by atoms with Crippen molar-refractivity contribution in [1.82, 2.24) is 30.0 Å². The van der Waals surface area contributed by atoms with E-state index in [1.165, 1.54) is 36.5 Å². The van der Waals surface area contributed by atoms with Gasteiger partial charge < -0.3 is 26.0 Å². The number of nitrogen functional groups attached to an aromatic ring is 2. The van der Waals surface area contributed by atoms with Crippen molar-refractivity contribution in [3.8, 4) is 0 Å². The van der Waals surface area contributed by atoms with Crippen LogP contribution in [0.1, 0.15) is 5.56 Å². The molecule has 32 heavy (non-hydrogen) atoms. The molecule has 13 heteroatoms. The second-order valence-electron chi connectivity index (χ2n) is 7.12. The number of fused-ring (bicyclic) bond motifs is 1. The van der Waals surface area contributed by atoms with Crippen molar-refractivity contribution in [3.05, 3.63) is 30.1 Å². The Hall–Kier alpha value is -3.03. The normalized spacial score (nSPS) is 16.7. The van der Waals surface area contributed by atoms with Gasteiger partial charge in [0.15, 0.2) is 4.34 Å². The maximum Gasteiger partial charge on any atom is 0.248 e. The number of amides is 2. The lowest BCUT2D eigenvalue weighted by atomic mass is 10.1. The van der Waals surface area contributed by atoms with Gasteiger partial charge in [-0.05, 0) is 17.7 Å². The van der Waals surface area contributed by atoms with E-state index in [-0.39, 0.29) is 24.2 Å². The van der Waals surface area contributed by atoms with E-state index in [0.717, 1.165) is 16.5 Å². The predicted octanol–water partition coefficient (Wildman–Crippen LogP) is 0.624. The van der Waals surface area contributed by atoms with Crippen LogP contribution in [0.4, 0.5) is 10.9 Å². The summed E-state index contributed by atoms with van der Waals surface area (Å²) < 4.78 is 5.87. The van der Waals surface area contributed by atoms with Crippen LogP contribution in [0.15, 0.2) is 28.9 Å². The fraction of sp³-hybridized carbons (Fsp3) is 0.368. The Labute approximate surface area is 192 Å². The molecule has 1 aromatic carbocycles. The molecule has 1 aliphatic heterocycles. The molecule has 0 saturated carbocycles. The number of carbonyl (C=O) groups is 2. The first-order chi connectivity index (χ1) is 15.5. The Bertz CT molecular complexity index is 1140. The van der Waals surface area contributed by atoms with Crippen LogP contribution in [0.25, 0.3) is 10.9 Å².